The Hall–Kier alpha value is -1.30. The molecule has 0 aliphatic carbocycles. The Morgan fingerprint density at radius 1 is 1.12 bits per heavy atom. The molecule has 1 aromatic carbocycles. The second-order valence-corrected chi connectivity index (χ2v) is 8.05. The smallest absolute Gasteiger partial charge is 0.119 e. The summed E-state index contributed by atoms with van der Waals surface area (Å²) in [5.41, 5.74) is 0.202. The van der Waals surface area contributed by atoms with E-state index in [-0.39, 0.29) is 17.7 Å². The number of aliphatic hydroxyl groups is 1. The van der Waals surface area contributed by atoms with Gasteiger partial charge in [0.25, 0.3) is 0 Å². The van der Waals surface area contributed by atoms with Gasteiger partial charge in [0.1, 0.15) is 24.2 Å². The normalized spacial score (nSPS) is 21.2. The summed E-state index contributed by atoms with van der Waals surface area (Å²) < 4.78 is 10.7. The molecule has 0 unspecified atom stereocenters. The highest BCUT2D eigenvalue weighted by molar-refractivity contribution is 5.31. The van der Waals surface area contributed by atoms with E-state index in [0.29, 0.717) is 12.6 Å². The van der Waals surface area contributed by atoms with E-state index >= 15 is 0 Å². The minimum absolute atomic E-state index is 0.101. The van der Waals surface area contributed by atoms with Crippen LogP contribution in [0.5, 0.6) is 11.5 Å². The average Bonchev–Trinajstić information content (AvgIpc) is 2.48. The summed E-state index contributed by atoms with van der Waals surface area (Å²) in [6.45, 7) is 9.72. The van der Waals surface area contributed by atoms with Crippen LogP contribution in [-0.4, -0.2) is 48.6 Å². The van der Waals surface area contributed by atoms with Crippen molar-refractivity contribution < 1.29 is 14.6 Å². The summed E-state index contributed by atoms with van der Waals surface area (Å²) in [7, 11) is 1.63. The van der Waals surface area contributed by atoms with Gasteiger partial charge in [-0.15, -0.1) is 0 Å². The van der Waals surface area contributed by atoms with Crippen LogP contribution in [0.15, 0.2) is 24.3 Å². The maximum absolute atomic E-state index is 10.2. The minimum Gasteiger partial charge on any atom is -0.497 e. The molecule has 0 spiro atoms. The van der Waals surface area contributed by atoms with Gasteiger partial charge in [0, 0.05) is 23.7 Å². The van der Waals surface area contributed by atoms with E-state index in [1.165, 1.54) is 0 Å². The molecule has 1 aliphatic rings. The fourth-order valence-corrected chi connectivity index (χ4v) is 3.69. The van der Waals surface area contributed by atoms with Gasteiger partial charge >= 0.3 is 0 Å². The number of nitrogens with one attached hydrogen (secondary N) is 2. The standard InChI is InChI=1S/C19H32N2O3/c1-18(2)10-14(11-19(3,4)21-18)20-12-15(22)13-24-17-8-6-16(23-5)7-9-17/h6-9,14-15,20-22H,10-13H2,1-5H3/t15-/m1/s1. The third kappa shape index (κ3) is 5.96. The van der Waals surface area contributed by atoms with Gasteiger partial charge in [0.15, 0.2) is 0 Å². The summed E-state index contributed by atoms with van der Waals surface area (Å²) in [5, 5.41) is 17.3. The molecule has 136 valence electrons. The molecule has 0 amide bonds. The Morgan fingerprint density at radius 3 is 2.21 bits per heavy atom. The van der Waals surface area contributed by atoms with E-state index < -0.39 is 6.10 Å². The minimum atomic E-state index is -0.534. The summed E-state index contributed by atoms with van der Waals surface area (Å²) in [6.07, 6.45) is 1.55. The van der Waals surface area contributed by atoms with Crippen LogP contribution in [0.25, 0.3) is 0 Å². The maximum Gasteiger partial charge on any atom is 0.119 e. The molecule has 0 bridgehead atoms. The SMILES string of the molecule is COc1ccc(OC[C@H](O)CNC2CC(C)(C)NC(C)(C)C2)cc1. The Bertz CT molecular complexity index is 498. The van der Waals surface area contributed by atoms with Crippen LogP contribution in [0, 0.1) is 0 Å². The predicted molar refractivity (Wildman–Crippen MR) is 96.8 cm³/mol. The molecule has 2 rings (SSSR count). The first-order valence-electron chi connectivity index (χ1n) is 8.67. The first kappa shape index (κ1) is 19.0. The van der Waals surface area contributed by atoms with Crippen molar-refractivity contribution in [2.24, 2.45) is 0 Å². The van der Waals surface area contributed by atoms with Crippen LogP contribution in [0.4, 0.5) is 0 Å². The number of hydrogen-bond donors (Lipinski definition) is 3. The summed E-state index contributed by atoms with van der Waals surface area (Å²) in [6, 6.07) is 7.78. The fourth-order valence-electron chi connectivity index (χ4n) is 3.69. The predicted octanol–water partition coefficient (Wildman–Crippen LogP) is 2.33. The lowest BCUT2D eigenvalue weighted by molar-refractivity contribution is 0.0901. The number of aliphatic hydroxyl groups excluding tert-OH is 1. The highest BCUT2D eigenvalue weighted by Gasteiger charge is 2.37. The zero-order chi connectivity index (χ0) is 17.8. The van der Waals surface area contributed by atoms with E-state index in [9.17, 15) is 5.11 Å². The van der Waals surface area contributed by atoms with Crippen LogP contribution < -0.4 is 20.1 Å². The molecule has 1 atom stereocenters. The van der Waals surface area contributed by atoms with Crippen molar-refractivity contribution >= 4 is 0 Å². The zero-order valence-corrected chi connectivity index (χ0v) is 15.6. The molecule has 0 saturated carbocycles. The lowest BCUT2D eigenvalue weighted by Gasteiger charge is -2.47. The number of benzene rings is 1. The van der Waals surface area contributed by atoms with Crippen LogP contribution in [0.2, 0.25) is 0 Å². The number of ether oxygens (including phenoxy) is 2. The second-order valence-electron chi connectivity index (χ2n) is 8.05. The van der Waals surface area contributed by atoms with Crippen molar-refractivity contribution in [2.75, 3.05) is 20.3 Å². The Balaban J connectivity index is 1.75. The van der Waals surface area contributed by atoms with E-state index in [1.54, 1.807) is 7.11 Å². The second kappa shape index (κ2) is 7.72. The largest absolute Gasteiger partial charge is 0.497 e. The third-order valence-electron chi connectivity index (χ3n) is 4.33. The molecule has 5 heteroatoms. The van der Waals surface area contributed by atoms with Crippen LogP contribution in [0.1, 0.15) is 40.5 Å². The summed E-state index contributed by atoms with van der Waals surface area (Å²) in [4.78, 5) is 0. The van der Waals surface area contributed by atoms with Gasteiger partial charge < -0.3 is 25.2 Å². The van der Waals surface area contributed by atoms with Gasteiger partial charge in [-0.25, -0.2) is 0 Å². The van der Waals surface area contributed by atoms with Crippen LogP contribution in [-0.2, 0) is 0 Å². The lowest BCUT2D eigenvalue weighted by atomic mass is 9.79. The molecule has 1 heterocycles. The van der Waals surface area contributed by atoms with Gasteiger partial charge in [-0.1, -0.05) is 0 Å². The van der Waals surface area contributed by atoms with Crippen LogP contribution in [0.3, 0.4) is 0 Å². The monoisotopic (exact) mass is 336 g/mol. The van der Waals surface area contributed by atoms with Crippen molar-refractivity contribution in [1.82, 2.24) is 10.6 Å². The molecule has 5 nitrogen and oxygen atoms in total. The number of rotatable bonds is 7. The Labute approximate surface area is 145 Å². The molecule has 3 N–H and O–H groups in total. The van der Waals surface area contributed by atoms with Gasteiger partial charge in [-0.3, -0.25) is 0 Å². The van der Waals surface area contributed by atoms with Crippen molar-refractivity contribution in [2.45, 2.75) is 63.8 Å². The Kier molecular flexibility index (Phi) is 6.12. The molecule has 1 fully saturated rings. The molecular weight excluding hydrogens is 304 g/mol. The van der Waals surface area contributed by atoms with E-state index in [4.69, 9.17) is 9.47 Å². The number of hydrogen-bond acceptors (Lipinski definition) is 5. The maximum atomic E-state index is 10.2. The first-order chi connectivity index (χ1) is 11.2. The molecule has 0 aromatic heterocycles. The summed E-state index contributed by atoms with van der Waals surface area (Å²) in [5.74, 6) is 1.53. The Morgan fingerprint density at radius 2 is 1.67 bits per heavy atom. The van der Waals surface area contributed by atoms with Crippen molar-refractivity contribution in [3.8, 4) is 11.5 Å². The summed E-state index contributed by atoms with van der Waals surface area (Å²) >= 11 is 0. The molecule has 1 aromatic rings. The fraction of sp³-hybridized carbons (Fsp3) is 0.684. The molecular formula is C19H32N2O3. The zero-order valence-electron chi connectivity index (χ0n) is 15.6. The van der Waals surface area contributed by atoms with Gasteiger partial charge in [0.2, 0.25) is 0 Å². The highest BCUT2D eigenvalue weighted by Crippen LogP contribution is 2.28. The molecule has 1 aliphatic heterocycles. The van der Waals surface area contributed by atoms with Crippen molar-refractivity contribution in [3.05, 3.63) is 24.3 Å². The molecule has 0 radical (unpaired) electrons. The molecule has 24 heavy (non-hydrogen) atoms. The first-order valence-corrected chi connectivity index (χ1v) is 8.67. The van der Waals surface area contributed by atoms with Gasteiger partial charge in [-0.05, 0) is 64.8 Å². The lowest BCUT2D eigenvalue weighted by Crippen LogP contribution is -2.62. The van der Waals surface area contributed by atoms with Gasteiger partial charge in [0.05, 0.1) is 7.11 Å². The van der Waals surface area contributed by atoms with Crippen molar-refractivity contribution in [3.63, 3.8) is 0 Å². The third-order valence-corrected chi connectivity index (χ3v) is 4.33. The van der Waals surface area contributed by atoms with E-state index in [0.717, 1.165) is 24.3 Å². The quantitative estimate of drug-likeness (QED) is 0.713. The molecule has 1 saturated heterocycles. The highest BCUT2D eigenvalue weighted by atomic mass is 16.5. The van der Waals surface area contributed by atoms with Crippen LogP contribution >= 0.6 is 0 Å². The van der Waals surface area contributed by atoms with E-state index in [2.05, 4.69) is 38.3 Å². The van der Waals surface area contributed by atoms with E-state index in [1.807, 2.05) is 24.3 Å². The van der Waals surface area contributed by atoms with Gasteiger partial charge in [-0.2, -0.15) is 0 Å². The number of piperidine rings is 1. The van der Waals surface area contributed by atoms with Crippen molar-refractivity contribution in [1.29, 1.82) is 0 Å². The average molecular weight is 336 g/mol. The topological polar surface area (TPSA) is 62.8 Å². The number of methoxy groups -OCH3 is 1.